The first-order chi connectivity index (χ1) is 18.1. The van der Waals surface area contributed by atoms with Crippen molar-refractivity contribution in [2.24, 2.45) is 5.73 Å². The average molecular weight is 525 g/mol. The Morgan fingerprint density at radius 1 is 0.816 bits per heavy atom. The molecule has 2 aromatic rings. The van der Waals surface area contributed by atoms with Crippen molar-refractivity contribution >= 4 is 24.2 Å². The third kappa shape index (κ3) is 11.6. The number of alkyl carbamates (subject to hydrolysis) is 1. The Morgan fingerprint density at radius 3 is 1.79 bits per heavy atom. The molecule has 1 unspecified atom stereocenters. The summed E-state index contributed by atoms with van der Waals surface area (Å²) in [5.74, 6) is -1.02. The van der Waals surface area contributed by atoms with Crippen molar-refractivity contribution in [1.29, 1.82) is 0 Å². The van der Waals surface area contributed by atoms with Crippen LogP contribution in [0.4, 0.5) is 4.79 Å². The maximum absolute atomic E-state index is 13.5. The van der Waals surface area contributed by atoms with E-state index in [1.54, 1.807) is 20.8 Å². The number of rotatable bonds is 14. The minimum Gasteiger partial charge on any atom is -0.444 e. The van der Waals surface area contributed by atoms with Crippen molar-refractivity contribution in [2.45, 2.75) is 76.6 Å². The van der Waals surface area contributed by atoms with Gasteiger partial charge in [-0.05, 0) is 57.7 Å². The quantitative estimate of drug-likeness (QED) is 0.221. The summed E-state index contributed by atoms with van der Waals surface area (Å²) >= 11 is 0. The SMILES string of the molecule is CC(C)(C)OC(=O)N[C@H](Cc1ccccc1)C(=O)N[C@@H](Cc1ccccc1)C(=O)NC(C=O)CCCCN. The molecule has 9 nitrogen and oxygen atoms in total. The molecule has 38 heavy (non-hydrogen) atoms. The topological polar surface area (TPSA) is 140 Å². The van der Waals surface area contributed by atoms with Gasteiger partial charge in [-0.25, -0.2) is 4.79 Å². The highest BCUT2D eigenvalue weighted by molar-refractivity contribution is 5.92. The largest absolute Gasteiger partial charge is 0.444 e. The molecular weight excluding hydrogens is 484 g/mol. The number of nitrogens with one attached hydrogen (secondary N) is 3. The van der Waals surface area contributed by atoms with Crippen LogP contribution >= 0.6 is 0 Å². The van der Waals surface area contributed by atoms with Gasteiger partial charge >= 0.3 is 6.09 Å². The molecule has 0 radical (unpaired) electrons. The number of aldehydes is 1. The Balaban J connectivity index is 2.23. The molecule has 3 amide bonds. The van der Waals surface area contributed by atoms with Crippen LogP contribution in [0.15, 0.2) is 60.7 Å². The second-order valence-electron chi connectivity index (χ2n) is 10.2. The van der Waals surface area contributed by atoms with E-state index in [1.165, 1.54) is 0 Å². The van der Waals surface area contributed by atoms with Crippen molar-refractivity contribution in [3.8, 4) is 0 Å². The Hall–Kier alpha value is -3.72. The molecule has 3 atom stereocenters. The molecule has 0 aliphatic heterocycles. The lowest BCUT2D eigenvalue weighted by molar-refractivity contribution is -0.131. The highest BCUT2D eigenvalue weighted by atomic mass is 16.6. The lowest BCUT2D eigenvalue weighted by atomic mass is 10.0. The average Bonchev–Trinajstić information content (AvgIpc) is 2.87. The second kappa shape index (κ2) is 15.5. The number of unbranched alkanes of at least 4 members (excludes halogenated alkanes) is 1. The number of benzene rings is 2. The zero-order valence-electron chi connectivity index (χ0n) is 22.4. The summed E-state index contributed by atoms with van der Waals surface area (Å²) in [4.78, 5) is 50.9. The maximum Gasteiger partial charge on any atom is 0.408 e. The molecule has 206 valence electrons. The van der Waals surface area contributed by atoms with Gasteiger partial charge in [0, 0.05) is 12.8 Å². The minimum atomic E-state index is -0.996. The molecule has 0 fully saturated rings. The zero-order valence-corrected chi connectivity index (χ0v) is 22.4. The molecule has 2 rings (SSSR count). The van der Waals surface area contributed by atoms with Gasteiger partial charge in [0.1, 0.15) is 24.0 Å². The summed E-state index contributed by atoms with van der Waals surface area (Å²) in [7, 11) is 0. The fourth-order valence-electron chi connectivity index (χ4n) is 3.81. The summed E-state index contributed by atoms with van der Waals surface area (Å²) in [6, 6.07) is 15.8. The molecule has 0 saturated heterocycles. The molecule has 0 aliphatic rings. The van der Waals surface area contributed by atoms with E-state index in [0.29, 0.717) is 25.7 Å². The van der Waals surface area contributed by atoms with Gasteiger partial charge in [0.25, 0.3) is 0 Å². The lowest BCUT2D eigenvalue weighted by Crippen LogP contribution is -2.56. The van der Waals surface area contributed by atoms with Gasteiger partial charge in [0.2, 0.25) is 11.8 Å². The van der Waals surface area contributed by atoms with Gasteiger partial charge in [0.05, 0.1) is 6.04 Å². The van der Waals surface area contributed by atoms with Crippen molar-refractivity contribution in [3.63, 3.8) is 0 Å². The number of hydrogen-bond acceptors (Lipinski definition) is 6. The van der Waals surface area contributed by atoms with Crippen LogP contribution in [0.5, 0.6) is 0 Å². The Morgan fingerprint density at radius 2 is 1.32 bits per heavy atom. The minimum absolute atomic E-state index is 0.196. The fraction of sp³-hybridized carbons (Fsp3) is 0.448. The predicted octanol–water partition coefficient (Wildman–Crippen LogP) is 2.66. The van der Waals surface area contributed by atoms with Crippen LogP contribution in [0.2, 0.25) is 0 Å². The Labute approximate surface area is 224 Å². The van der Waals surface area contributed by atoms with Gasteiger partial charge in [-0.2, -0.15) is 0 Å². The molecule has 5 N–H and O–H groups in total. The van der Waals surface area contributed by atoms with E-state index in [0.717, 1.165) is 17.5 Å². The van der Waals surface area contributed by atoms with Crippen molar-refractivity contribution < 1.29 is 23.9 Å². The van der Waals surface area contributed by atoms with Crippen molar-refractivity contribution in [1.82, 2.24) is 16.0 Å². The first kappa shape index (κ1) is 30.5. The highest BCUT2D eigenvalue weighted by Crippen LogP contribution is 2.10. The predicted molar refractivity (Wildman–Crippen MR) is 146 cm³/mol. The number of amides is 3. The first-order valence-corrected chi connectivity index (χ1v) is 12.9. The molecule has 0 spiro atoms. The summed E-state index contributed by atoms with van der Waals surface area (Å²) in [5.41, 5.74) is 6.45. The van der Waals surface area contributed by atoms with E-state index in [9.17, 15) is 19.2 Å². The van der Waals surface area contributed by atoms with Gasteiger partial charge < -0.3 is 31.2 Å². The van der Waals surface area contributed by atoms with Gasteiger partial charge in [-0.1, -0.05) is 60.7 Å². The molecular formula is C29H40N4O5. The van der Waals surface area contributed by atoms with Crippen molar-refractivity contribution in [2.75, 3.05) is 6.54 Å². The number of carbonyl (C=O) groups is 4. The number of carbonyl (C=O) groups excluding carboxylic acids is 4. The van der Waals surface area contributed by atoms with Crippen LogP contribution in [0.1, 0.15) is 51.2 Å². The number of ether oxygens (including phenoxy) is 1. The second-order valence-corrected chi connectivity index (χ2v) is 10.2. The maximum atomic E-state index is 13.5. The van der Waals surface area contributed by atoms with Crippen LogP contribution in [0, 0.1) is 0 Å². The molecule has 9 heteroatoms. The van der Waals surface area contributed by atoms with Crippen LogP contribution in [-0.2, 0) is 32.0 Å². The van der Waals surface area contributed by atoms with Gasteiger partial charge in [0.15, 0.2) is 0 Å². The highest BCUT2D eigenvalue weighted by Gasteiger charge is 2.29. The van der Waals surface area contributed by atoms with Crippen LogP contribution in [0.25, 0.3) is 0 Å². The first-order valence-electron chi connectivity index (χ1n) is 12.9. The van der Waals surface area contributed by atoms with E-state index >= 15 is 0 Å². The van der Waals surface area contributed by atoms with Gasteiger partial charge in [-0.3, -0.25) is 9.59 Å². The normalized spacial score (nSPS) is 13.5. The van der Waals surface area contributed by atoms with E-state index < -0.39 is 41.6 Å². The van der Waals surface area contributed by atoms with E-state index in [2.05, 4.69) is 16.0 Å². The molecule has 0 aromatic heterocycles. The molecule has 0 saturated carbocycles. The molecule has 0 heterocycles. The smallest absolute Gasteiger partial charge is 0.408 e. The molecule has 0 bridgehead atoms. The number of nitrogens with two attached hydrogens (primary N) is 1. The fourth-order valence-corrected chi connectivity index (χ4v) is 3.81. The summed E-state index contributed by atoms with van der Waals surface area (Å²) in [6.07, 6.45) is 2.24. The lowest BCUT2D eigenvalue weighted by Gasteiger charge is -2.26. The third-order valence-corrected chi connectivity index (χ3v) is 5.67. The summed E-state index contributed by atoms with van der Waals surface area (Å²) in [6.45, 7) is 5.70. The van der Waals surface area contributed by atoms with Crippen LogP contribution in [-0.4, -0.2) is 54.5 Å². The van der Waals surface area contributed by atoms with E-state index in [-0.39, 0.29) is 12.8 Å². The zero-order chi connectivity index (χ0) is 28.0. The third-order valence-electron chi connectivity index (χ3n) is 5.67. The Bertz CT molecular complexity index is 1020. The molecule has 2 aromatic carbocycles. The van der Waals surface area contributed by atoms with Gasteiger partial charge in [-0.15, -0.1) is 0 Å². The Kier molecular flexibility index (Phi) is 12.5. The monoisotopic (exact) mass is 524 g/mol. The number of hydrogen-bond donors (Lipinski definition) is 4. The van der Waals surface area contributed by atoms with Crippen molar-refractivity contribution in [3.05, 3.63) is 71.8 Å². The summed E-state index contributed by atoms with van der Waals surface area (Å²) in [5, 5.41) is 8.17. The van der Waals surface area contributed by atoms with E-state index in [4.69, 9.17) is 10.5 Å². The standard InChI is InChI=1S/C29H40N4O5/c1-29(2,3)38-28(37)33-25(19-22-14-8-5-9-15-22)27(36)32-24(18-21-12-6-4-7-13-21)26(35)31-23(20-34)16-10-11-17-30/h4-9,12-15,20,23-25H,10-11,16-19,30H2,1-3H3,(H,31,35)(H,32,36)(H,33,37)/t23?,24-,25+/m0/s1. The van der Waals surface area contributed by atoms with Crippen LogP contribution in [0.3, 0.4) is 0 Å². The van der Waals surface area contributed by atoms with Crippen LogP contribution < -0.4 is 21.7 Å². The van der Waals surface area contributed by atoms with E-state index in [1.807, 2.05) is 60.7 Å². The molecule has 0 aliphatic carbocycles. The summed E-state index contributed by atoms with van der Waals surface area (Å²) < 4.78 is 5.36.